The van der Waals surface area contributed by atoms with Gasteiger partial charge < -0.3 is 10.3 Å². The minimum Gasteiger partial charge on any atom is -0.383 e. The fourth-order valence-electron chi connectivity index (χ4n) is 3.09. The van der Waals surface area contributed by atoms with Crippen molar-refractivity contribution in [2.45, 2.75) is 32.7 Å². The molecule has 2 aromatic rings. The van der Waals surface area contributed by atoms with Crippen LogP contribution in [0, 0.1) is 17.6 Å². The number of hydrogen-bond donors (Lipinski definition) is 1. The first-order valence-corrected chi connectivity index (χ1v) is 6.79. The van der Waals surface area contributed by atoms with Gasteiger partial charge in [-0.3, -0.25) is 0 Å². The molecule has 0 fully saturated rings. The lowest BCUT2D eigenvalue weighted by molar-refractivity contribution is 0.346. The zero-order chi connectivity index (χ0) is 14.4. The quantitative estimate of drug-likeness (QED) is 0.866. The van der Waals surface area contributed by atoms with Crippen molar-refractivity contribution in [3.05, 3.63) is 35.7 Å². The Kier molecular flexibility index (Phi) is 3.00. The second-order valence-electron chi connectivity index (χ2n) is 5.65. The molecule has 0 bridgehead atoms. The number of imidazole rings is 1. The maximum absolute atomic E-state index is 13.9. The number of aromatic nitrogens is 2. The first kappa shape index (κ1) is 13.1. The van der Waals surface area contributed by atoms with E-state index in [1.54, 1.807) is 0 Å². The number of halogens is 2. The summed E-state index contributed by atoms with van der Waals surface area (Å²) in [7, 11) is 0. The van der Waals surface area contributed by atoms with Crippen LogP contribution in [-0.2, 0) is 6.42 Å². The third kappa shape index (κ3) is 1.97. The highest BCUT2D eigenvalue weighted by atomic mass is 19.1. The number of anilines is 1. The highest BCUT2D eigenvalue weighted by Gasteiger charge is 2.27. The third-order valence-electron chi connectivity index (χ3n) is 3.92. The standard InChI is InChI=1S/C15H17F2N3/c1-8-5-9(2)20-13(6-8)19-14(15(20)18)11-4-3-10(16)7-12(11)17/h3-4,7-9H,5-6,18H2,1-2H3. The third-order valence-corrected chi connectivity index (χ3v) is 3.92. The molecule has 106 valence electrons. The Labute approximate surface area is 116 Å². The van der Waals surface area contributed by atoms with Crippen LogP contribution < -0.4 is 5.73 Å². The van der Waals surface area contributed by atoms with Crippen LogP contribution in [0.3, 0.4) is 0 Å². The molecule has 1 aliphatic heterocycles. The van der Waals surface area contributed by atoms with E-state index in [4.69, 9.17) is 5.73 Å². The summed E-state index contributed by atoms with van der Waals surface area (Å²) in [5.74, 6) is 0.645. The second kappa shape index (κ2) is 4.58. The van der Waals surface area contributed by atoms with Gasteiger partial charge in [0.1, 0.15) is 29.0 Å². The normalized spacial score (nSPS) is 21.8. The molecule has 2 atom stereocenters. The largest absolute Gasteiger partial charge is 0.383 e. The Hall–Kier alpha value is -1.91. The highest BCUT2D eigenvalue weighted by Crippen LogP contribution is 2.36. The molecule has 3 rings (SSSR count). The summed E-state index contributed by atoms with van der Waals surface area (Å²) in [5.41, 5.74) is 6.81. The maximum Gasteiger partial charge on any atom is 0.135 e. The van der Waals surface area contributed by atoms with Crippen LogP contribution in [0.25, 0.3) is 11.3 Å². The van der Waals surface area contributed by atoms with Crippen molar-refractivity contribution in [2.24, 2.45) is 5.92 Å². The average molecular weight is 277 g/mol. The van der Waals surface area contributed by atoms with Gasteiger partial charge in [-0.2, -0.15) is 0 Å². The molecule has 2 N–H and O–H groups in total. The van der Waals surface area contributed by atoms with Gasteiger partial charge in [-0.15, -0.1) is 0 Å². The fourth-order valence-corrected chi connectivity index (χ4v) is 3.09. The van der Waals surface area contributed by atoms with E-state index < -0.39 is 11.6 Å². The zero-order valence-electron chi connectivity index (χ0n) is 11.5. The van der Waals surface area contributed by atoms with Crippen LogP contribution in [0.1, 0.15) is 32.1 Å². The number of nitrogens with zero attached hydrogens (tertiary/aromatic N) is 2. The number of nitrogens with two attached hydrogens (primary N) is 1. The lowest BCUT2D eigenvalue weighted by Gasteiger charge is -2.27. The molecule has 5 heteroatoms. The topological polar surface area (TPSA) is 43.8 Å². The van der Waals surface area contributed by atoms with Gasteiger partial charge in [0.25, 0.3) is 0 Å². The van der Waals surface area contributed by atoms with Gasteiger partial charge in [-0.05, 0) is 31.4 Å². The van der Waals surface area contributed by atoms with Crippen molar-refractivity contribution in [2.75, 3.05) is 5.73 Å². The molecule has 0 saturated carbocycles. The molecule has 20 heavy (non-hydrogen) atoms. The average Bonchev–Trinajstić information content (AvgIpc) is 2.66. The SMILES string of the molecule is CC1Cc2nc(-c3ccc(F)cc3F)c(N)n2C(C)C1. The van der Waals surface area contributed by atoms with E-state index in [2.05, 4.69) is 18.8 Å². The summed E-state index contributed by atoms with van der Waals surface area (Å²) in [4.78, 5) is 4.49. The Bertz CT molecular complexity index is 663. The first-order chi connectivity index (χ1) is 9.47. The molecule has 1 aliphatic rings. The van der Waals surface area contributed by atoms with Crippen LogP contribution in [0.15, 0.2) is 18.2 Å². The minimum atomic E-state index is -0.632. The Morgan fingerprint density at radius 3 is 2.75 bits per heavy atom. The smallest absolute Gasteiger partial charge is 0.135 e. The second-order valence-corrected chi connectivity index (χ2v) is 5.65. The van der Waals surface area contributed by atoms with Crippen LogP contribution in [0.4, 0.5) is 14.6 Å². The van der Waals surface area contributed by atoms with Crippen molar-refractivity contribution in [3.63, 3.8) is 0 Å². The molecule has 0 spiro atoms. The molecule has 0 radical (unpaired) electrons. The van der Waals surface area contributed by atoms with Gasteiger partial charge in [0.05, 0.1) is 0 Å². The van der Waals surface area contributed by atoms with Gasteiger partial charge in [-0.25, -0.2) is 13.8 Å². The van der Waals surface area contributed by atoms with Gasteiger partial charge in [0.2, 0.25) is 0 Å². The summed E-state index contributed by atoms with van der Waals surface area (Å²) >= 11 is 0. The maximum atomic E-state index is 13.9. The van der Waals surface area contributed by atoms with E-state index in [1.165, 1.54) is 12.1 Å². The summed E-state index contributed by atoms with van der Waals surface area (Å²) in [6, 6.07) is 3.73. The summed E-state index contributed by atoms with van der Waals surface area (Å²) < 4.78 is 28.9. The van der Waals surface area contributed by atoms with Gasteiger partial charge in [0.15, 0.2) is 0 Å². The summed E-state index contributed by atoms with van der Waals surface area (Å²) in [5, 5.41) is 0. The van der Waals surface area contributed by atoms with E-state index in [0.717, 1.165) is 24.7 Å². The Balaban J connectivity index is 2.14. The van der Waals surface area contributed by atoms with Crippen LogP contribution in [0.5, 0.6) is 0 Å². The summed E-state index contributed by atoms with van der Waals surface area (Å²) in [6.07, 6.45) is 1.86. The molecule has 0 aliphatic carbocycles. The summed E-state index contributed by atoms with van der Waals surface area (Å²) in [6.45, 7) is 4.25. The number of rotatable bonds is 1. The first-order valence-electron chi connectivity index (χ1n) is 6.79. The number of benzene rings is 1. The van der Waals surface area contributed by atoms with Crippen molar-refractivity contribution in [1.29, 1.82) is 0 Å². The van der Waals surface area contributed by atoms with Crippen molar-refractivity contribution in [3.8, 4) is 11.3 Å². The Morgan fingerprint density at radius 2 is 2.05 bits per heavy atom. The molecule has 0 saturated heterocycles. The molecular formula is C15H17F2N3. The molecule has 1 aromatic carbocycles. The van der Waals surface area contributed by atoms with Crippen LogP contribution in [0.2, 0.25) is 0 Å². The highest BCUT2D eigenvalue weighted by molar-refractivity contribution is 5.71. The fraction of sp³-hybridized carbons (Fsp3) is 0.400. The number of nitrogen functional groups attached to an aromatic ring is 1. The molecular weight excluding hydrogens is 260 g/mol. The number of hydrogen-bond acceptors (Lipinski definition) is 2. The lowest BCUT2D eigenvalue weighted by atomic mass is 9.95. The van der Waals surface area contributed by atoms with Crippen molar-refractivity contribution in [1.82, 2.24) is 9.55 Å². The van der Waals surface area contributed by atoms with Gasteiger partial charge in [0, 0.05) is 24.1 Å². The molecule has 2 heterocycles. The van der Waals surface area contributed by atoms with Gasteiger partial charge >= 0.3 is 0 Å². The van der Waals surface area contributed by atoms with Crippen molar-refractivity contribution >= 4 is 5.82 Å². The van der Waals surface area contributed by atoms with E-state index >= 15 is 0 Å². The van der Waals surface area contributed by atoms with E-state index in [9.17, 15) is 8.78 Å². The van der Waals surface area contributed by atoms with E-state index in [1.807, 2.05) is 4.57 Å². The predicted octanol–water partition coefficient (Wildman–Crippen LogP) is 3.55. The molecule has 0 amide bonds. The monoisotopic (exact) mass is 277 g/mol. The predicted molar refractivity (Wildman–Crippen MR) is 74.2 cm³/mol. The van der Waals surface area contributed by atoms with E-state index in [0.29, 0.717) is 17.4 Å². The zero-order valence-corrected chi connectivity index (χ0v) is 11.5. The van der Waals surface area contributed by atoms with Crippen LogP contribution in [-0.4, -0.2) is 9.55 Å². The molecule has 2 unspecified atom stereocenters. The van der Waals surface area contributed by atoms with Gasteiger partial charge in [-0.1, -0.05) is 6.92 Å². The van der Waals surface area contributed by atoms with Crippen molar-refractivity contribution < 1.29 is 8.78 Å². The molecule has 1 aromatic heterocycles. The van der Waals surface area contributed by atoms with Crippen LogP contribution >= 0.6 is 0 Å². The minimum absolute atomic E-state index is 0.249. The number of fused-ring (bicyclic) bond motifs is 1. The molecule has 3 nitrogen and oxygen atoms in total. The Morgan fingerprint density at radius 1 is 1.30 bits per heavy atom. The lowest BCUT2D eigenvalue weighted by Crippen LogP contribution is -2.22. The van der Waals surface area contributed by atoms with E-state index in [-0.39, 0.29) is 11.6 Å².